The summed E-state index contributed by atoms with van der Waals surface area (Å²) in [6.45, 7) is 0. The van der Waals surface area contributed by atoms with Crippen LogP contribution in [-0.4, -0.2) is 22.7 Å². The summed E-state index contributed by atoms with van der Waals surface area (Å²) in [5.74, 6) is -1.38. The van der Waals surface area contributed by atoms with Crippen LogP contribution in [0, 0.1) is 0 Å². The molecule has 4 rings (SSSR count). The summed E-state index contributed by atoms with van der Waals surface area (Å²) in [6, 6.07) is 12.4. The minimum absolute atomic E-state index is 0.0940. The molecule has 3 aromatic rings. The Morgan fingerprint density at radius 2 is 1.55 bits per heavy atom. The van der Waals surface area contributed by atoms with E-state index in [0.29, 0.717) is 16.8 Å². The standard InChI is InChI=1S/C20H10Cl3N3O3/c21-14-8-11(25-18(27)10-7-15(22)17(23)24-9-10)5-6-16(14)26-19(28)12-3-1-2-4-13(12)20(26)29/h1-9H,(H,25,27). The molecule has 6 nitrogen and oxygen atoms in total. The van der Waals surface area contributed by atoms with Crippen LogP contribution in [0.4, 0.5) is 11.4 Å². The molecule has 0 aliphatic carbocycles. The lowest BCUT2D eigenvalue weighted by Crippen LogP contribution is -2.29. The number of nitrogens with one attached hydrogen (secondary N) is 1. The van der Waals surface area contributed by atoms with Crippen LogP contribution in [-0.2, 0) is 0 Å². The number of benzene rings is 2. The van der Waals surface area contributed by atoms with E-state index in [1.165, 1.54) is 30.5 Å². The van der Waals surface area contributed by atoms with E-state index in [2.05, 4.69) is 10.3 Å². The number of pyridine rings is 1. The third-order valence-electron chi connectivity index (χ3n) is 4.30. The molecule has 0 saturated heterocycles. The Balaban J connectivity index is 1.59. The molecule has 0 saturated carbocycles. The SMILES string of the molecule is O=C(Nc1ccc(N2C(=O)c3ccccc3C2=O)c(Cl)c1)c1cnc(Cl)c(Cl)c1. The lowest BCUT2D eigenvalue weighted by Gasteiger charge is -2.16. The first-order chi connectivity index (χ1) is 13.9. The Morgan fingerprint density at radius 1 is 0.897 bits per heavy atom. The Hall–Kier alpha value is -2.93. The van der Waals surface area contributed by atoms with Crippen LogP contribution in [0.15, 0.2) is 54.7 Å². The van der Waals surface area contributed by atoms with Crippen LogP contribution in [0.25, 0.3) is 0 Å². The molecule has 1 N–H and O–H groups in total. The Labute approximate surface area is 180 Å². The molecule has 29 heavy (non-hydrogen) atoms. The molecule has 3 amide bonds. The van der Waals surface area contributed by atoms with Gasteiger partial charge in [-0.15, -0.1) is 0 Å². The highest BCUT2D eigenvalue weighted by atomic mass is 35.5. The van der Waals surface area contributed by atoms with Crippen LogP contribution in [0.5, 0.6) is 0 Å². The minimum Gasteiger partial charge on any atom is -0.322 e. The van der Waals surface area contributed by atoms with Gasteiger partial charge in [0.25, 0.3) is 17.7 Å². The van der Waals surface area contributed by atoms with Gasteiger partial charge in [-0.25, -0.2) is 9.88 Å². The van der Waals surface area contributed by atoms with Crippen molar-refractivity contribution in [2.75, 3.05) is 10.2 Å². The first-order valence-corrected chi connectivity index (χ1v) is 9.40. The van der Waals surface area contributed by atoms with E-state index in [9.17, 15) is 14.4 Å². The Bertz CT molecular complexity index is 1160. The van der Waals surface area contributed by atoms with Crippen LogP contribution in [0.2, 0.25) is 15.2 Å². The molecule has 1 aliphatic heterocycles. The second-order valence-corrected chi connectivity index (χ2v) is 7.28. The molecule has 2 heterocycles. The molecule has 0 bridgehead atoms. The van der Waals surface area contributed by atoms with Crippen LogP contribution in [0.3, 0.4) is 0 Å². The fraction of sp³-hybridized carbons (Fsp3) is 0. The molecule has 0 atom stereocenters. The quantitative estimate of drug-likeness (QED) is 0.449. The Kier molecular flexibility index (Phi) is 5.00. The van der Waals surface area contributed by atoms with Crippen LogP contribution >= 0.6 is 34.8 Å². The summed E-state index contributed by atoms with van der Waals surface area (Å²) in [5.41, 5.74) is 1.44. The lowest BCUT2D eigenvalue weighted by atomic mass is 10.1. The molecule has 9 heteroatoms. The fourth-order valence-electron chi connectivity index (χ4n) is 2.92. The fourth-order valence-corrected chi connectivity index (χ4v) is 3.46. The predicted molar refractivity (Wildman–Crippen MR) is 111 cm³/mol. The van der Waals surface area contributed by atoms with Gasteiger partial charge >= 0.3 is 0 Å². The normalized spacial score (nSPS) is 12.9. The number of carbonyl (C=O) groups excluding carboxylic acids is 3. The third kappa shape index (κ3) is 3.46. The van der Waals surface area contributed by atoms with Gasteiger partial charge in [0.1, 0.15) is 5.15 Å². The maximum Gasteiger partial charge on any atom is 0.266 e. The van der Waals surface area contributed by atoms with Crippen molar-refractivity contribution in [3.05, 3.63) is 86.6 Å². The number of hydrogen-bond acceptors (Lipinski definition) is 4. The minimum atomic E-state index is -0.472. The van der Waals surface area contributed by atoms with Crippen LogP contribution in [0.1, 0.15) is 31.1 Å². The molecule has 1 aromatic heterocycles. The summed E-state index contributed by atoms with van der Waals surface area (Å²) in [4.78, 5) is 42.4. The maximum atomic E-state index is 12.6. The monoisotopic (exact) mass is 445 g/mol. The summed E-state index contributed by atoms with van der Waals surface area (Å²) >= 11 is 17.9. The Morgan fingerprint density at radius 3 is 2.14 bits per heavy atom. The number of carbonyl (C=O) groups is 3. The van der Waals surface area contributed by atoms with Gasteiger partial charge in [-0.05, 0) is 36.4 Å². The van der Waals surface area contributed by atoms with Crippen molar-refractivity contribution in [3.8, 4) is 0 Å². The van der Waals surface area contributed by atoms with Gasteiger partial charge in [0.2, 0.25) is 0 Å². The average molecular weight is 447 g/mol. The summed E-state index contributed by atoms with van der Waals surface area (Å²) in [6.07, 6.45) is 1.29. The second-order valence-electron chi connectivity index (χ2n) is 6.11. The number of aromatic nitrogens is 1. The van der Waals surface area contributed by atoms with Crippen molar-refractivity contribution in [1.29, 1.82) is 0 Å². The zero-order valence-electron chi connectivity index (χ0n) is 14.4. The molecule has 0 unspecified atom stereocenters. The van der Waals surface area contributed by atoms with Crippen molar-refractivity contribution in [2.45, 2.75) is 0 Å². The van der Waals surface area contributed by atoms with E-state index >= 15 is 0 Å². The first kappa shape index (κ1) is 19.4. The number of hydrogen-bond donors (Lipinski definition) is 1. The van der Waals surface area contributed by atoms with Gasteiger partial charge < -0.3 is 5.32 Å². The molecular weight excluding hydrogens is 437 g/mol. The lowest BCUT2D eigenvalue weighted by molar-refractivity contribution is 0.0924. The number of fused-ring (bicyclic) bond motifs is 1. The predicted octanol–water partition coefficient (Wildman–Crippen LogP) is 5.09. The van der Waals surface area contributed by atoms with E-state index in [1.807, 2.05) is 0 Å². The van der Waals surface area contributed by atoms with Crippen LogP contribution < -0.4 is 10.2 Å². The van der Waals surface area contributed by atoms with Gasteiger partial charge in [0.05, 0.1) is 32.4 Å². The van der Waals surface area contributed by atoms with E-state index < -0.39 is 17.7 Å². The number of halogens is 3. The summed E-state index contributed by atoms with van der Waals surface area (Å²) in [5, 5.41) is 3.02. The van der Waals surface area contributed by atoms with Crippen molar-refractivity contribution in [1.82, 2.24) is 4.98 Å². The number of anilines is 2. The molecule has 0 fully saturated rings. The number of rotatable bonds is 3. The van der Waals surface area contributed by atoms with Crippen molar-refractivity contribution < 1.29 is 14.4 Å². The maximum absolute atomic E-state index is 12.6. The number of amides is 3. The van der Waals surface area contributed by atoms with Gasteiger partial charge in [-0.3, -0.25) is 14.4 Å². The van der Waals surface area contributed by atoms with E-state index in [1.54, 1.807) is 24.3 Å². The highest BCUT2D eigenvalue weighted by Crippen LogP contribution is 2.35. The highest BCUT2D eigenvalue weighted by molar-refractivity contribution is 6.41. The van der Waals surface area contributed by atoms with E-state index in [4.69, 9.17) is 34.8 Å². The zero-order chi connectivity index (χ0) is 20.7. The smallest absolute Gasteiger partial charge is 0.266 e. The second kappa shape index (κ2) is 7.48. The first-order valence-electron chi connectivity index (χ1n) is 8.26. The van der Waals surface area contributed by atoms with Gasteiger partial charge in [-0.2, -0.15) is 0 Å². The molecule has 144 valence electrons. The van der Waals surface area contributed by atoms with E-state index in [0.717, 1.165) is 4.90 Å². The largest absolute Gasteiger partial charge is 0.322 e. The van der Waals surface area contributed by atoms with Crippen molar-refractivity contribution in [3.63, 3.8) is 0 Å². The summed E-state index contributed by atoms with van der Waals surface area (Å²) < 4.78 is 0. The van der Waals surface area contributed by atoms with Gasteiger partial charge in [-0.1, -0.05) is 46.9 Å². The van der Waals surface area contributed by atoms with Gasteiger partial charge in [0, 0.05) is 11.9 Å². The molecule has 2 aromatic carbocycles. The molecule has 0 radical (unpaired) electrons. The highest BCUT2D eigenvalue weighted by Gasteiger charge is 2.37. The van der Waals surface area contributed by atoms with E-state index in [-0.39, 0.29) is 26.4 Å². The number of nitrogens with zero attached hydrogens (tertiary/aromatic N) is 2. The van der Waals surface area contributed by atoms with Crippen molar-refractivity contribution >= 4 is 63.9 Å². The zero-order valence-corrected chi connectivity index (χ0v) is 16.7. The molecular formula is C20H10Cl3N3O3. The average Bonchev–Trinajstić information content (AvgIpc) is 2.95. The number of imide groups is 1. The van der Waals surface area contributed by atoms with Crippen molar-refractivity contribution in [2.24, 2.45) is 0 Å². The molecule has 0 spiro atoms. The molecule has 1 aliphatic rings. The van der Waals surface area contributed by atoms with Gasteiger partial charge in [0.15, 0.2) is 0 Å². The topological polar surface area (TPSA) is 79.4 Å². The third-order valence-corrected chi connectivity index (χ3v) is 5.29. The summed E-state index contributed by atoms with van der Waals surface area (Å²) in [7, 11) is 0.